The minimum absolute atomic E-state index is 3.99. The zero-order valence-corrected chi connectivity index (χ0v) is 8.84. The molecular weight excluding hydrogens is 346 g/mol. The first-order chi connectivity index (χ1) is 8.85. The molecule has 0 spiro atoms. The molecule has 0 radical (unpaired) electrons. The number of nitrogens with zero attached hydrogens (tertiary/aromatic N) is 1. The van der Waals surface area contributed by atoms with Crippen LogP contribution < -0.4 is 0 Å². The van der Waals surface area contributed by atoms with E-state index in [1.54, 1.807) is 0 Å². The van der Waals surface area contributed by atoms with Gasteiger partial charge in [-0.05, 0) is 5.12 Å². The summed E-state index contributed by atoms with van der Waals surface area (Å²) in [5.41, 5.74) is -7.73. The fourth-order valence-corrected chi connectivity index (χ4v) is 1.11. The molecule has 0 bridgehead atoms. The highest BCUT2D eigenvalue weighted by Crippen LogP contribution is 2.58. The average Bonchev–Trinajstić information content (AvgIpc) is 2.09. The topological polar surface area (TPSA) is 40.5 Å². The Balaban J connectivity index is 6.66. The fraction of sp³-hybridized carbons (Fsp3) is 0.833. The molecule has 0 amide bonds. The average molecular weight is 347 g/mol. The maximum Gasteiger partial charge on any atom is 0.427 e. The molecule has 126 valence electrons. The number of halogens is 12. The standard InChI is InChI=1S/C6HF12NO2/c7-2(8,1(20)21)19(18)3(4(9,10)11,5(12,13)14)6(15,16)17/h(H,20,21). The SMILES string of the molecule is O=C(O)C(F)(F)N(F)C(C(F)(F)F)(C(F)(F)F)C(F)(F)F. The van der Waals surface area contributed by atoms with E-state index in [1.807, 2.05) is 0 Å². The van der Waals surface area contributed by atoms with Crippen molar-refractivity contribution in [3.05, 3.63) is 0 Å². The van der Waals surface area contributed by atoms with Crippen molar-refractivity contribution in [2.75, 3.05) is 0 Å². The summed E-state index contributed by atoms with van der Waals surface area (Å²) in [4.78, 5) is 9.76. The minimum atomic E-state index is -7.73. The third kappa shape index (κ3) is 2.69. The molecule has 0 atom stereocenters. The van der Waals surface area contributed by atoms with Gasteiger partial charge >= 0.3 is 36.1 Å². The molecule has 0 saturated carbocycles. The second kappa shape index (κ2) is 4.81. The lowest BCUT2D eigenvalue weighted by atomic mass is 9.96. The number of carbonyl (C=O) groups is 1. The number of aliphatic carboxylic acids is 1. The number of carboxylic acids is 1. The number of alkyl halides is 11. The molecule has 21 heavy (non-hydrogen) atoms. The van der Waals surface area contributed by atoms with Crippen LogP contribution in [0.15, 0.2) is 0 Å². The zero-order valence-electron chi connectivity index (χ0n) is 8.84. The van der Waals surface area contributed by atoms with Crippen LogP contribution in [0.25, 0.3) is 0 Å². The van der Waals surface area contributed by atoms with Gasteiger partial charge in [-0.2, -0.15) is 48.3 Å². The molecule has 0 aromatic heterocycles. The van der Waals surface area contributed by atoms with Crippen molar-refractivity contribution in [2.24, 2.45) is 0 Å². The maximum absolute atomic E-state index is 12.8. The Bertz CT molecular complexity index is 369. The fourth-order valence-electron chi connectivity index (χ4n) is 1.11. The van der Waals surface area contributed by atoms with Crippen LogP contribution in [0.2, 0.25) is 0 Å². The van der Waals surface area contributed by atoms with Crippen molar-refractivity contribution in [3.63, 3.8) is 0 Å². The second-order valence-electron chi connectivity index (χ2n) is 3.33. The van der Waals surface area contributed by atoms with Crippen molar-refractivity contribution in [2.45, 2.75) is 30.1 Å². The van der Waals surface area contributed by atoms with E-state index in [-0.39, 0.29) is 0 Å². The van der Waals surface area contributed by atoms with Crippen LogP contribution in [0.4, 0.5) is 52.8 Å². The third-order valence-electron chi connectivity index (χ3n) is 2.03. The Morgan fingerprint density at radius 1 is 0.714 bits per heavy atom. The molecule has 0 unspecified atom stereocenters. The van der Waals surface area contributed by atoms with Crippen molar-refractivity contribution < 1.29 is 62.7 Å². The molecule has 3 nitrogen and oxygen atoms in total. The Kier molecular flexibility index (Phi) is 4.48. The van der Waals surface area contributed by atoms with E-state index in [0.29, 0.717) is 0 Å². The molecule has 0 aromatic carbocycles. The van der Waals surface area contributed by atoms with Crippen molar-refractivity contribution in [3.8, 4) is 0 Å². The predicted molar refractivity (Wildman–Crippen MR) is 36.4 cm³/mol. The van der Waals surface area contributed by atoms with E-state index in [4.69, 9.17) is 5.11 Å². The molecule has 0 aromatic rings. The lowest BCUT2D eigenvalue weighted by molar-refractivity contribution is -0.473. The van der Waals surface area contributed by atoms with Gasteiger partial charge in [-0.1, -0.05) is 0 Å². The largest absolute Gasteiger partial charge is 0.476 e. The molecule has 0 aliphatic carbocycles. The van der Waals surface area contributed by atoms with E-state index in [0.717, 1.165) is 0 Å². The van der Waals surface area contributed by atoms with Gasteiger partial charge < -0.3 is 5.11 Å². The smallest absolute Gasteiger partial charge is 0.427 e. The highest BCUT2D eigenvalue weighted by molar-refractivity contribution is 5.74. The molecule has 0 aliphatic rings. The van der Waals surface area contributed by atoms with Gasteiger partial charge in [-0.25, -0.2) is 4.79 Å². The highest BCUT2D eigenvalue weighted by atomic mass is 19.4. The number of hydrogen-bond acceptors (Lipinski definition) is 2. The Hall–Kier alpha value is -1.41. The Labute approximate surface area is 105 Å². The molecule has 1 N–H and O–H groups in total. The summed E-state index contributed by atoms with van der Waals surface area (Å²) in [6.45, 7) is 0. The van der Waals surface area contributed by atoms with E-state index in [2.05, 4.69) is 0 Å². The summed E-state index contributed by atoms with van der Waals surface area (Å²) in [6, 6.07) is -6.76. The van der Waals surface area contributed by atoms with Crippen LogP contribution in [0.1, 0.15) is 0 Å². The van der Waals surface area contributed by atoms with Gasteiger partial charge in [0, 0.05) is 0 Å². The quantitative estimate of drug-likeness (QED) is 0.484. The summed E-state index contributed by atoms with van der Waals surface area (Å²) >= 11 is 0. The Morgan fingerprint density at radius 3 is 1.10 bits per heavy atom. The van der Waals surface area contributed by atoms with Gasteiger partial charge in [-0.15, -0.1) is 4.48 Å². The van der Waals surface area contributed by atoms with E-state index >= 15 is 0 Å². The molecule has 0 aliphatic heterocycles. The first-order valence-corrected chi connectivity index (χ1v) is 4.12. The lowest BCUT2D eigenvalue weighted by Crippen LogP contribution is -2.76. The van der Waals surface area contributed by atoms with Crippen LogP contribution in [-0.2, 0) is 4.79 Å². The molecule has 15 heteroatoms. The van der Waals surface area contributed by atoms with Crippen molar-refractivity contribution >= 4 is 5.97 Å². The second-order valence-corrected chi connectivity index (χ2v) is 3.33. The van der Waals surface area contributed by atoms with Gasteiger partial charge in [0.1, 0.15) is 0 Å². The van der Waals surface area contributed by atoms with Crippen LogP contribution in [0.5, 0.6) is 0 Å². The maximum atomic E-state index is 12.8. The van der Waals surface area contributed by atoms with E-state index < -0.39 is 41.2 Å². The molecule has 0 heterocycles. The van der Waals surface area contributed by atoms with Gasteiger partial charge in [0.05, 0.1) is 0 Å². The number of hydrogen-bond donors (Lipinski definition) is 1. The predicted octanol–water partition coefficient (Wildman–Crippen LogP) is 3.28. The normalized spacial score (nSPS) is 15.5. The minimum Gasteiger partial charge on any atom is -0.476 e. The van der Waals surface area contributed by atoms with Gasteiger partial charge in [-0.3, -0.25) is 0 Å². The van der Waals surface area contributed by atoms with Gasteiger partial charge in [0.2, 0.25) is 0 Å². The van der Waals surface area contributed by atoms with Crippen LogP contribution in [-0.4, -0.2) is 46.3 Å². The van der Waals surface area contributed by atoms with Crippen LogP contribution in [0.3, 0.4) is 0 Å². The Morgan fingerprint density at radius 2 is 0.952 bits per heavy atom. The summed E-state index contributed by atoms with van der Waals surface area (Å²) in [5.74, 6) is -3.99. The number of rotatable bonds is 3. The molecule has 0 rings (SSSR count). The molecule has 0 saturated heterocycles. The zero-order chi connectivity index (χ0) is 17.7. The van der Waals surface area contributed by atoms with Crippen molar-refractivity contribution in [1.29, 1.82) is 0 Å². The van der Waals surface area contributed by atoms with Gasteiger partial charge in [0.15, 0.2) is 0 Å². The molecule has 0 fully saturated rings. The lowest BCUT2D eigenvalue weighted by Gasteiger charge is -2.42. The number of carboxylic acid groups (broad SMARTS) is 1. The monoisotopic (exact) mass is 347 g/mol. The van der Waals surface area contributed by atoms with Gasteiger partial charge in [0.25, 0.3) is 0 Å². The first kappa shape index (κ1) is 19.6. The third-order valence-corrected chi connectivity index (χ3v) is 2.03. The summed E-state index contributed by atoms with van der Waals surface area (Å²) < 4.78 is 147. The summed E-state index contributed by atoms with van der Waals surface area (Å²) in [5, 5.41) is 3.53. The molecular formula is C6HF12NO2. The first-order valence-electron chi connectivity index (χ1n) is 4.12. The van der Waals surface area contributed by atoms with E-state index in [9.17, 15) is 57.6 Å². The van der Waals surface area contributed by atoms with Crippen LogP contribution in [0, 0.1) is 0 Å². The summed E-state index contributed by atoms with van der Waals surface area (Å²) in [6.07, 6.45) is -23.1. The summed E-state index contributed by atoms with van der Waals surface area (Å²) in [7, 11) is 0. The highest BCUT2D eigenvalue weighted by Gasteiger charge is 2.91. The van der Waals surface area contributed by atoms with Crippen LogP contribution >= 0.6 is 0 Å². The van der Waals surface area contributed by atoms with E-state index in [1.165, 1.54) is 0 Å². The van der Waals surface area contributed by atoms with Crippen molar-refractivity contribution in [1.82, 2.24) is 5.12 Å².